The normalized spacial score (nSPS) is 10.5. The molecule has 0 radical (unpaired) electrons. The maximum atomic E-state index is 5.42. The molecule has 102 valence electrons. The molecule has 1 aromatic heterocycles. The van der Waals surface area contributed by atoms with E-state index in [4.69, 9.17) is 4.74 Å². The molecule has 2 aromatic rings. The summed E-state index contributed by atoms with van der Waals surface area (Å²) in [5.74, 6) is 1.87. The quantitative estimate of drug-likeness (QED) is 0.865. The largest absolute Gasteiger partial charge is 0.494 e. The van der Waals surface area contributed by atoms with Crippen LogP contribution < -0.4 is 10.1 Å². The Labute approximate surface area is 114 Å². The number of nitrogens with zero attached hydrogens (tertiary/aromatic N) is 2. The zero-order valence-corrected chi connectivity index (χ0v) is 11.8. The fraction of sp³-hybridized carbons (Fsp3) is 0.400. The fourth-order valence-corrected chi connectivity index (χ4v) is 1.91. The summed E-state index contributed by atoms with van der Waals surface area (Å²) >= 11 is 0. The third kappa shape index (κ3) is 3.50. The van der Waals surface area contributed by atoms with Crippen molar-refractivity contribution >= 4 is 5.82 Å². The zero-order chi connectivity index (χ0) is 13.7. The van der Waals surface area contributed by atoms with Gasteiger partial charge in [0.15, 0.2) is 5.82 Å². The van der Waals surface area contributed by atoms with Crippen molar-refractivity contribution in [2.24, 2.45) is 0 Å². The van der Waals surface area contributed by atoms with Gasteiger partial charge in [-0.2, -0.15) is 5.10 Å². The van der Waals surface area contributed by atoms with Crippen molar-refractivity contribution in [2.75, 3.05) is 11.9 Å². The topological polar surface area (TPSA) is 39.1 Å². The molecule has 4 heteroatoms. The summed E-state index contributed by atoms with van der Waals surface area (Å²) in [7, 11) is 0. The van der Waals surface area contributed by atoms with Crippen molar-refractivity contribution in [3.05, 3.63) is 41.6 Å². The van der Waals surface area contributed by atoms with E-state index in [1.54, 1.807) is 0 Å². The fourth-order valence-electron chi connectivity index (χ4n) is 1.91. The van der Waals surface area contributed by atoms with Crippen LogP contribution in [0.1, 0.15) is 25.0 Å². The van der Waals surface area contributed by atoms with E-state index in [0.29, 0.717) is 6.61 Å². The Morgan fingerprint density at radius 1 is 1.21 bits per heavy atom. The lowest BCUT2D eigenvalue weighted by Crippen LogP contribution is -2.02. The Hall–Kier alpha value is -1.97. The predicted octanol–water partition coefficient (Wildman–Crippen LogP) is 3.22. The van der Waals surface area contributed by atoms with Crippen LogP contribution >= 0.6 is 0 Å². The summed E-state index contributed by atoms with van der Waals surface area (Å²) < 4.78 is 7.36. The van der Waals surface area contributed by atoms with Gasteiger partial charge in [-0.1, -0.05) is 12.1 Å². The van der Waals surface area contributed by atoms with Gasteiger partial charge in [-0.05, 0) is 38.5 Å². The predicted molar refractivity (Wildman–Crippen MR) is 77.6 cm³/mol. The van der Waals surface area contributed by atoms with E-state index in [1.807, 2.05) is 23.7 Å². The molecule has 1 N–H and O–H groups in total. The SMILES string of the molecule is CCOc1ccc(CNc2nn(CC)cc2C)cc1. The molecule has 1 aromatic carbocycles. The molecule has 0 aliphatic heterocycles. The van der Waals surface area contributed by atoms with Gasteiger partial charge < -0.3 is 10.1 Å². The summed E-state index contributed by atoms with van der Waals surface area (Å²) in [6.07, 6.45) is 2.06. The minimum absolute atomic E-state index is 0.700. The van der Waals surface area contributed by atoms with E-state index in [0.717, 1.165) is 24.7 Å². The van der Waals surface area contributed by atoms with E-state index in [-0.39, 0.29) is 0 Å². The molecule has 0 aliphatic rings. The zero-order valence-electron chi connectivity index (χ0n) is 11.8. The molecule has 0 unspecified atom stereocenters. The lowest BCUT2D eigenvalue weighted by molar-refractivity contribution is 0.340. The highest BCUT2D eigenvalue weighted by Crippen LogP contribution is 2.15. The highest BCUT2D eigenvalue weighted by molar-refractivity contribution is 5.42. The lowest BCUT2D eigenvalue weighted by Gasteiger charge is -2.06. The van der Waals surface area contributed by atoms with E-state index in [9.17, 15) is 0 Å². The average molecular weight is 259 g/mol. The Balaban J connectivity index is 1.95. The monoisotopic (exact) mass is 259 g/mol. The van der Waals surface area contributed by atoms with Crippen LogP contribution in [0.2, 0.25) is 0 Å². The molecule has 1 heterocycles. The molecule has 0 saturated heterocycles. The van der Waals surface area contributed by atoms with Gasteiger partial charge in [0, 0.05) is 24.8 Å². The molecule has 0 fully saturated rings. The van der Waals surface area contributed by atoms with Crippen molar-refractivity contribution in [3.63, 3.8) is 0 Å². The number of rotatable bonds is 6. The second kappa shape index (κ2) is 6.27. The number of ether oxygens (including phenoxy) is 1. The third-order valence-corrected chi connectivity index (χ3v) is 2.96. The summed E-state index contributed by atoms with van der Waals surface area (Å²) in [4.78, 5) is 0. The van der Waals surface area contributed by atoms with Crippen molar-refractivity contribution < 1.29 is 4.74 Å². The third-order valence-electron chi connectivity index (χ3n) is 2.96. The Morgan fingerprint density at radius 2 is 1.95 bits per heavy atom. The molecule has 19 heavy (non-hydrogen) atoms. The van der Waals surface area contributed by atoms with Crippen molar-refractivity contribution in [1.29, 1.82) is 0 Å². The van der Waals surface area contributed by atoms with E-state index in [1.165, 1.54) is 11.1 Å². The van der Waals surface area contributed by atoms with Gasteiger partial charge in [0.05, 0.1) is 6.61 Å². The van der Waals surface area contributed by atoms with Gasteiger partial charge in [0.2, 0.25) is 0 Å². The molecule has 0 amide bonds. The van der Waals surface area contributed by atoms with Crippen molar-refractivity contribution in [1.82, 2.24) is 9.78 Å². The van der Waals surface area contributed by atoms with Gasteiger partial charge in [0.1, 0.15) is 5.75 Å². The molecule has 4 nitrogen and oxygen atoms in total. The standard InChI is InChI=1S/C15H21N3O/c1-4-18-11-12(3)15(17-18)16-10-13-6-8-14(9-7-13)19-5-2/h6-9,11H,4-5,10H2,1-3H3,(H,16,17). The maximum Gasteiger partial charge on any atom is 0.151 e. The van der Waals surface area contributed by atoms with Crippen LogP contribution in [0.25, 0.3) is 0 Å². The Bertz CT molecular complexity index is 517. The van der Waals surface area contributed by atoms with Gasteiger partial charge in [0.25, 0.3) is 0 Å². The molecule has 0 saturated carbocycles. The van der Waals surface area contributed by atoms with E-state index in [2.05, 4.69) is 42.6 Å². The summed E-state index contributed by atoms with van der Waals surface area (Å²) in [6.45, 7) is 8.51. The van der Waals surface area contributed by atoms with Gasteiger partial charge in [-0.25, -0.2) is 0 Å². The Kier molecular flexibility index (Phi) is 4.44. The van der Waals surface area contributed by atoms with Crippen LogP contribution in [-0.4, -0.2) is 16.4 Å². The van der Waals surface area contributed by atoms with Gasteiger partial charge in [-0.3, -0.25) is 4.68 Å². The van der Waals surface area contributed by atoms with Crippen molar-refractivity contribution in [2.45, 2.75) is 33.9 Å². The molecule has 0 aliphatic carbocycles. The van der Waals surface area contributed by atoms with Crippen LogP contribution in [0.5, 0.6) is 5.75 Å². The molecular weight excluding hydrogens is 238 g/mol. The first-order chi connectivity index (χ1) is 9.22. The van der Waals surface area contributed by atoms with Gasteiger partial charge >= 0.3 is 0 Å². The van der Waals surface area contributed by atoms with E-state index >= 15 is 0 Å². The molecular formula is C15H21N3O. The first kappa shape index (κ1) is 13.5. The summed E-state index contributed by atoms with van der Waals surface area (Å²) in [5.41, 5.74) is 2.39. The minimum Gasteiger partial charge on any atom is -0.494 e. The molecule has 0 bridgehead atoms. The highest BCUT2D eigenvalue weighted by atomic mass is 16.5. The summed E-state index contributed by atoms with van der Waals surface area (Å²) in [6, 6.07) is 8.14. The molecule has 0 spiro atoms. The number of hydrogen-bond acceptors (Lipinski definition) is 3. The number of nitrogens with one attached hydrogen (secondary N) is 1. The number of aromatic nitrogens is 2. The first-order valence-corrected chi connectivity index (χ1v) is 6.72. The number of anilines is 1. The van der Waals surface area contributed by atoms with Crippen LogP contribution in [0.3, 0.4) is 0 Å². The number of hydrogen-bond donors (Lipinski definition) is 1. The minimum atomic E-state index is 0.700. The second-order valence-electron chi connectivity index (χ2n) is 4.45. The van der Waals surface area contributed by atoms with Crippen LogP contribution in [-0.2, 0) is 13.1 Å². The number of benzene rings is 1. The van der Waals surface area contributed by atoms with E-state index < -0.39 is 0 Å². The van der Waals surface area contributed by atoms with Gasteiger partial charge in [-0.15, -0.1) is 0 Å². The van der Waals surface area contributed by atoms with Crippen molar-refractivity contribution in [3.8, 4) is 5.75 Å². The molecule has 2 rings (SSSR count). The molecule has 0 atom stereocenters. The average Bonchev–Trinajstić information content (AvgIpc) is 2.79. The van der Waals surface area contributed by atoms with Crippen LogP contribution in [0, 0.1) is 6.92 Å². The smallest absolute Gasteiger partial charge is 0.151 e. The maximum absolute atomic E-state index is 5.42. The van der Waals surface area contributed by atoms with Crippen LogP contribution in [0.4, 0.5) is 5.82 Å². The first-order valence-electron chi connectivity index (χ1n) is 6.72. The lowest BCUT2D eigenvalue weighted by atomic mass is 10.2. The Morgan fingerprint density at radius 3 is 2.53 bits per heavy atom. The summed E-state index contributed by atoms with van der Waals surface area (Å²) in [5, 5.41) is 7.83. The van der Waals surface area contributed by atoms with Crippen LogP contribution in [0.15, 0.2) is 30.5 Å². The number of aryl methyl sites for hydroxylation is 2. The highest BCUT2D eigenvalue weighted by Gasteiger charge is 2.03. The second-order valence-corrected chi connectivity index (χ2v) is 4.45.